The molecule has 0 saturated carbocycles. The predicted molar refractivity (Wildman–Crippen MR) is 69.0 cm³/mol. The van der Waals surface area contributed by atoms with Crippen molar-refractivity contribution in [3.8, 4) is 0 Å². The highest BCUT2D eigenvalue weighted by atomic mass is 16.1. The summed E-state index contributed by atoms with van der Waals surface area (Å²) in [6.07, 6.45) is 2.86. The molecule has 1 saturated heterocycles. The number of nitrogens with zero attached hydrogens (tertiary/aromatic N) is 1. The number of piperidine rings is 1. The molecule has 1 aromatic rings. The third-order valence-corrected chi connectivity index (χ3v) is 3.50. The Kier molecular flexibility index (Phi) is 4.10. The number of carbonyl (C=O) groups excluding carboxylic acids is 2. The van der Waals surface area contributed by atoms with Gasteiger partial charge < -0.3 is 10.5 Å². The number of primary amides is 1. The third-order valence-electron chi connectivity index (χ3n) is 3.50. The summed E-state index contributed by atoms with van der Waals surface area (Å²) in [5.41, 5.74) is 6.92. The molecule has 0 radical (unpaired) electrons. The average Bonchev–Trinajstić information content (AvgIpc) is 2.40. The number of hydrogen-bond acceptors (Lipinski definition) is 3. The van der Waals surface area contributed by atoms with Crippen molar-refractivity contribution in [2.75, 3.05) is 13.1 Å². The molecular weight excluding hydrogens is 228 g/mol. The lowest BCUT2D eigenvalue weighted by molar-refractivity contribution is -0.112. The first-order valence-corrected chi connectivity index (χ1v) is 6.26. The van der Waals surface area contributed by atoms with E-state index in [1.54, 1.807) is 6.07 Å². The maximum Gasteiger partial charge on any atom is 0.249 e. The fraction of sp³-hybridized carbons (Fsp3) is 0.429. The van der Waals surface area contributed by atoms with Crippen LogP contribution < -0.4 is 5.73 Å². The molecule has 1 aromatic carbocycles. The summed E-state index contributed by atoms with van der Waals surface area (Å²) in [6.45, 7) is 2.53. The Morgan fingerprint density at radius 2 is 2.00 bits per heavy atom. The SMILES string of the molecule is NC(=O)c1ccccc1CN1CCC(C=O)CC1. The predicted octanol–water partition coefficient (Wildman–Crippen LogP) is 1.20. The zero-order valence-electron chi connectivity index (χ0n) is 10.3. The molecular formula is C14H18N2O2. The summed E-state index contributed by atoms with van der Waals surface area (Å²) >= 11 is 0. The number of aldehydes is 1. The zero-order valence-corrected chi connectivity index (χ0v) is 10.3. The number of likely N-dealkylation sites (tertiary alicyclic amines) is 1. The van der Waals surface area contributed by atoms with Crippen LogP contribution in [0.4, 0.5) is 0 Å². The van der Waals surface area contributed by atoms with Gasteiger partial charge in [-0.25, -0.2) is 0 Å². The summed E-state index contributed by atoms with van der Waals surface area (Å²) in [4.78, 5) is 24.3. The molecule has 4 heteroatoms. The average molecular weight is 246 g/mol. The van der Waals surface area contributed by atoms with Crippen molar-refractivity contribution < 1.29 is 9.59 Å². The highest BCUT2D eigenvalue weighted by molar-refractivity contribution is 5.94. The maximum absolute atomic E-state index is 11.3. The highest BCUT2D eigenvalue weighted by Crippen LogP contribution is 2.18. The topological polar surface area (TPSA) is 63.4 Å². The largest absolute Gasteiger partial charge is 0.366 e. The number of carbonyl (C=O) groups is 2. The number of amides is 1. The summed E-state index contributed by atoms with van der Waals surface area (Å²) in [5.74, 6) is -0.180. The number of rotatable bonds is 4. The van der Waals surface area contributed by atoms with Crippen LogP contribution in [0.15, 0.2) is 24.3 Å². The molecule has 18 heavy (non-hydrogen) atoms. The van der Waals surface area contributed by atoms with Gasteiger partial charge in [-0.2, -0.15) is 0 Å². The van der Waals surface area contributed by atoms with E-state index in [0.29, 0.717) is 5.56 Å². The van der Waals surface area contributed by atoms with Crippen LogP contribution >= 0.6 is 0 Å². The Balaban J connectivity index is 2.02. The van der Waals surface area contributed by atoms with Crippen LogP contribution in [0.2, 0.25) is 0 Å². The van der Waals surface area contributed by atoms with Crippen LogP contribution in [0.3, 0.4) is 0 Å². The van der Waals surface area contributed by atoms with Crippen molar-refractivity contribution in [2.24, 2.45) is 11.7 Å². The smallest absolute Gasteiger partial charge is 0.249 e. The highest BCUT2D eigenvalue weighted by Gasteiger charge is 2.19. The van der Waals surface area contributed by atoms with Crippen LogP contribution in [0, 0.1) is 5.92 Å². The molecule has 2 N–H and O–H groups in total. The molecule has 1 fully saturated rings. The third kappa shape index (κ3) is 2.96. The van der Waals surface area contributed by atoms with Gasteiger partial charge in [-0.1, -0.05) is 18.2 Å². The molecule has 1 aliphatic rings. The van der Waals surface area contributed by atoms with Crippen molar-refractivity contribution in [1.29, 1.82) is 0 Å². The van der Waals surface area contributed by atoms with E-state index in [1.807, 2.05) is 18.2 Å². The summed E-state index contributed by atoms with van der Waals surface area (Å²) < 4.78 is 0. The van der Waals surface area contributed by atoms with Gasteiger partial charge >= 0.3 is 0 Å². The van der Waals surface area contributed by atoms with Crippen molar-refractivity contribution in [2.45, 2.75) is 19.4 Å². The molecule has 0 atom stereocenters. The number of benzene rings is 1. The number of hydrogen-bond donors (Lipinski definition) is 1. The summed E-state index contributed by atoms with van der Waals surface area (Å²) in [6, 6.07) is 7.43. The standard InChI is InChI=1S/C14H18N2O2/c15-14(18)13-4-2-1-3-12(13)9-16-7-5-11(10-17)6-8-16/h1-4,10-11H,5-9H2,(H2,15,18). The molecule has 1 heterocycles. The van der Waals surface area contributed by atoms with E-state index >= 15 is 0 Å². The quantitative estimate of drug-likeness (QED) is 0.812. The minimum absolute atomic E-state index is 0.202. The Morgan fingerprint density at radius 3 is 2.61 bits per heavy atom. The van der Waals surface area contributed by atoms with Crippen LogP contribution in [0.5, 0.6) is 0 Å². The molecule has 1 aliphatic heterocycles. The van der Waals surface area contributed by atoms with Gasteiger partial charge in [0.1, 0.15) is 6.29 Å². The second kappa shape index (κ2) is 5.78. The molecule has 2 rings (SSSR count). The second-order valence-corrected chi connectivity index (χ2v) is 4.77. The first kappa shape index (κ1) is 12.8. The van der Waals surface area contributed by atoms with Gasteiger partial charge in [-0.05, 0) is 37.6 Å². The first-order valence-electron chi connectivity index (χ1n) is 6.26. The molecule has 96 valence electrons. The normalized spacial score (nSPS) is 17.6. The number of nitrogens with two attached hydrogens (primary N) is 1. The van der Waals surface area contributed by atoms with Crippen LogP contribution in [0.1, 0.15) is 28.8 Å². The van der Waals surface area contributed by atoms with Crippen LogP contribution in [0.25, 0.3) is 0 Å². The lowest BCUT2D eigenvalue weighted by atomic mass is 9.97. The molecule has 0 spiro atoms. The van der Waals surface area contributed by atoms with Gasteiger partial charge in [0.15, 0.2) is 0 Å². The van der Waals surface area contributed by atoms with Crippen LogP contribution in [-0.4, -0.2) is 30.2 Å². The molecule has 0 bridgehead atoms. The fourth-order valence-corrected chi connectivity index (χ4v) is 2.39. The zero-order chi connectivity index (χ0) is 13.0. The van der Waals surface area contributed by atoms with E-state index in [9.17, 15) is 9.59 Å². The van der Waals surface area contributed by atoms with Gasteiger partial charge in [0, 0.05) is 18.0 Å². The van der Waals surface area contributed by atoms with Crippen molar-refractivity contribution in [1.82, 2.24) is 4.90 Å². The van der Waals surface area contributed by atoms with Gasteiger partial charge in [0.05, 0.1) is 0 Å². The Bertz CT molecular complexity index is 437. The van der Waals surface area contributed by atoms with Crippen molar-refractivity contribution >= 4 is 12.2 Å². The minimum Gasteiger partial charge on any atom is -0.366 e. The molecule has 0 aromatic heterocycles. The maximum atomic E-state index is 11.3. The lowest BCUT2D eigenvalue weighted by Gasteiger charge is -2.29. The second-order valence-electron chi connectivity index (χ2n) is 4.77. The van der Waals surface area contributed by atoms with Crippen LogP contribution in [-0.2, 0) is 11.3 Å². The first-order chi connectivity index (χ1) is 8.70. The molecule has 0 aliphatic carbocycles. The lowest BCUT2D eigenvalue weighted by Crippen LogP contribution is -2.34. The van der Waals surface area contributed by atoms with E-state index in [4.69, 9.17) is 5.73 Å². The van der Waals surface area contributed by atoms with Gasteiger partial charge in [0.2, 0.25) is 5.91 Å². The van der Waals surface area contributed by atoms with E-state index in [1.165, 1.54) is 0 Å². The van der Waals surface area contributed by atoms with Crippen molar-refractivity contribution in [3.63, 3.8) is 0 Å². The summed E-state index contributed by atoms with van der Waals surface area (Å²) in [7, 11) is 0. The van der Waals surface area contributed by atoms with Gasteiger partial charge in [-0.15, -0.1) is 0 Å². The minimum atomic E-state index is -0.381. The van der Waals surface area contributed by atoms with E-state index in [-0.39, 0.29) is 11.8 Å². The molecule has 0 unspecified atom stereocenters. The Hall–Kier alpha value is -1.68. The molecule has 1 amide bonds. The summed E-state index contributed by atoms with van der Waals surface area (Å²) in [5, 5.41) is 0. The van der Waals surface area contributed by atoms with Gasteiger partial charge in [-0.3, -0.25) is 9.69 Å². The van der Waals surface area contributed by atoms with E-state index < -0.39 is 0 Å². The van der Waals surface area contributed by atoms with Crippen molar-refractivity contribution in [3.05, 3.63) is 35.4 Å². The van der Waals surface area contributed by atoms with Gasteiger partial charge in [0.25, 0.3) is 0 Å². The monoisotopic (exact) mass is 246 g/mol. The Morgan fingerprint density at radius 1 is 1.33 bits per heavy atom. The fourth-order valence-electron chi connectivity index (χ4n) is 2.39. The molecule has 4 nitrogen and oxygen atoms in total. The van der Waals surface area contributed by atoms with E-state index in [0.717, 1.165) is 44.3 Å². The Labute approximate surface area is 107 Å². The van der Waals surface area contributed by atoms with E-state index in [2.05, 4.69) is 4.90 Å².